The highest BCUT2D eigenvalue weighted by molar-refractivity contribution is 5.88. The summed E-state index contributed by atoms with van der Waals surface area (Å²) in [5.41, 5.74) is 3.30. The second-order valence-corrected chi connectivity index (χ2v) is 5.87. The van der Waals surface area contributed by atoms with Gasteiger partial charge in [-0.25, -0.2) is 4.79 Å². The van der Waals surface area contributed by atoms with Crippen LogP contribution in [0.3, 0.4) is 0 Å². The molecule has 0 saturated carbocycles. The van der Waals surface area contributed by atoms with E-state index in [4.69, 9.17) is 0 Å². The van der Waals surface area contributed by atoms with Gasteiger partial charge >= 0.3 is 6.03 Å². The van der Waals surface area contributed by atoms with Crippen molar-refractivity contribution in [3.05, 3.63) is 72.3 Å². The maximum atomic E-state index is 12.0. The number of carbonyl (C=O) groups excluding carboxylic acids is 1. The Kier molecular flexibility index (Phi) is 5.46. The normalized spacial score (nSPS) is 10.4. The van der Waals surface area contributed by atoms with E-state index in [-0.39, 0.29) is 6.03 Å². The third kappa shape index (κ3) is 4.70. The average molecular weight is 334 g/mol. The number of carbonyl (C=O) groups is 1. The molecule has 3 aromatic rings. The van der Waals surface area contributed by atoms with E-state index in [1.165, 1.54) is 5.56 Å². The van der Waals surface area contributed by atoms with Crippen LogP contribution in [-0.2, 0) is 13.5 Å². The van der Waals surface area contributed by atoms with Crippen molar-refractivity contribution in [3.8, 4) is 11.3 Å². The van der Waals surface area contributed by atoms with Gasteiger partial charge in [0.1, 0.15) is 0 Å². The van der Waals surface area contributed by atoms with Crippen LogP contribution in [0, 0.1) is 0 Å². The Balaban J connectivity index is 1.48. The van der Waals surface area contributed by atoms with Crippen LogP contribution < -0.4 is 10.6 Å². The Morgan fingerprint density at radius 3 is 2.44 bits per heavy atom. The van der Waals surface area contributed by atoms with E-state index in [0.29, 0.717) is 12.4 Å². The fourth-order valence-electron chi connectivity index (χ4n) is 2.71. The summed E-state index contributed by atoms with van der Waals surface area (Å²) in [6.07, 6.45) is 1.85. The minimum absolute atomic E-state index is 0.231. The number of hydrogen-bond donors (Lipinski definition) is 2. The minimum atomic E-state index is -0.231. The summed E-state index contributed by atoms with van der Waals surface area (Å²) in [6, 6.07) is 21.9. The molecule has 0 unspecified atom stereocenters. The molecule has 1 heterocycles. The molecule has 0 bridgehead atoms. The highest BCUT2D eigenvalue weighted by atomic mass is 16.2. The maximum Gasteiger partial charge on any atom is 0.320 e. The number of benzene rings is 2. The fraction of sp³-hybridized carbons (Fsp3) is 0.200. The molecule has 2 amide bonds. The quantitative estimate of drug-likeness (QED) is 0.673. The average Bonchev–Trinajstić information content (AvgIpc) is 3.00. The summed E-state index contributed by atoms with van der Waals surface area (Å²) in [7, 11) is 1.87. The number of nitrogens with zero attached hydrogens (tertiary/aromatic N) is 2. The Hall–Kier alpha value is -3.08. The molecule has 2 aromatic carbocycles. The van der Waals surface area contributed by atoms with Crippen LogP contribution in [0.1, 0.15) is 12.0 Å². The molecule has 3 rings (SSSR count). The van der Waals surface area contributed by atoms with E-state index in [1.54, 1.807) is 4.68 Å². The SMILES string of the molecule is Cn1nc(NC(=O)NCCCc2ccccc2)cc1-c1ccccc1. The van der Waals surface area contributed by atoms with Gasteiger partial charge in [0.15, 0.2) is 5.82 Å². The number of aromatic nitrogens is 2. The van der Waals surface area contributed by atoms with Gasteiger partial charge in [0.2, 0.25) is 0 Å². The molecule has 0 saturated heterocycles. The van der Waals surface area contributed by atoms with Crippen molar-refractivity contribution in [1.82, 2.24) is 15.1 Å². The Morgan fingerprint density at radius 2 is 1.72 bits per heavy atom. The molecule has 0 atom stereocenters. The molecule has 0 radical (unpaired) electrons. The van der Waals surface area contributed by atoms with Gasteiger partial charge in [-0.3, -0.25) is 10.00 Å². The zero-order valence-electron chi connectivity index (χ0n) is 14.3. The first kappa shape index (κ1) is 16.8. The van der Waals surface area contributed by atoms with Gasteiger partial charge in [0, 0.05) is 19.7 Å². The zero-order valence-corrected chi connectivity index (χ0v) is 14.3. The second kappa shape index (κ2) is 8.15. The van der Waals surface area contributed by atoms with Gasteiger partial charge in [-0.1, -0.05) is 60.7 Å². The molecule has 5 heteroatoms. The lowest BCUT2D eigenvalue weighted by Gasteiger charge is -2.05. The summed E-state index contributed by atoms with van der Waals surface area (Å²) >= 11 is 0. The van der Waals surface area contributed by atoms with E-state index < -0.39 is 0 Å². The molecule has 0 spiro atoms. The van der Waals surface area contributed by atoms with Crippen LogP contribution in [0.4, 0.5) is 10.6 Å². The maximum absolute atomic E-state index is 12.0. The number of hydrogen-bond acceptors (Lipinski definition) is 2. The molecular formula is C20H22N4O. The molecular weight excluding hydrogens is 312 g/mol. The standard InChI is InChI=1S/C20H22N4O/c1-24-18(17-12-6-3-7-13-17)15-19(23-24)22-20(25)21-14-8-11-16-9-4-2-5-10-16/h2-7,9-10,12-13,15H,8,11,14H2,1H3,(H2,21,22,23,25). The molecule has 128 valence electrons. The van der Waals surface area contributed by atoms with E-state index in [0.717, 1.165) is 24.1 Å². The number of rotatable bonds is 6. The van der Waals surface area contributed by atoms with Crippen molar-refractivity contribution in [2.45, 2.75) is 12.8 Å². The van der Waals surface area contributed by atoms with Crippen LogP contribution in [0.15, 0.2) is 66.7 Å². The van der Waals surface area contributed by atoms with Crippen molar-refractivity contribution in [3.63, 3.8) is 0 Å². The van der Waals surface area contributed by atoms with Gasteiger partial charge in [-0.05, 0) is 24.0 Å². The van der Waals surface area contributed by atoms with Crippen LogP contribution >= 0.6 is 0 Å². The first-order valence-corrected chi connectivity index (χ1v) is 8.40. The van der Waals surface area contributed by atoms with Crippen molar-refractivity contribution in [1.29, 1.82) is 0 Å². The highest BCUT2D eigenvalue weighted by Crippen LogP contribution is 2.21. The van der Waals surface area contributed by atoms with Crippen LogP contribution in [0.5, 0.6) is 0 Å². The van der Waals surface area contributed by atoms with E-state index >= 15 is 0 Å². The van der Waals surface area contributed by atoms with Gasteiger partial charge in [0.25, 0.3) is 0 Å². The summed E-state index contributed by atoms with van der Waals surface area (Å²) in [4.78, 5) is 12.0. The smallest absolute Gasteiger partial charge is 0.320 e. The lowest BCUT2D eigenvalue weighted by Crippen LogP contribution is -2.29. The van der Waals surface area contributed by atoms with Gasteiger partial charge < -0.3 is 5.32 Å². The number of amides is 2. The summed E-state index contributed by atoms with van der Waals surface area (Å²) in [5, 5.41) is 10.0. The number of nitrogens with one attached hydrogen (secondary N) is 2. The molecule has 25 heavy (non-hydrogen) atoms. The Morgan fingerprint density at radius 1 is 1.04 bits per heavy atom. The number of anilines is 1. The largest absolute Gasteiger partial charge is 0.338 e. The first-order chi connectivity index (χ1) is 12.2. The Labute approximate surface area is 147 Å². The predicted molar refractivity (Wildman–Crippen MR) is 100 cm³/mol. The van der Waals surface area contributed by atoms with Gasteiger partial charge in [-0.15, -0.1) is 0 Å². The van der Waals surface area contributed by atoms with Crippen LogP contribution in [0.25, 0.3) is 11.3 Å². The molecule has 0 aliphatic heterocycles. The topological polar surface area (TPSA) is 59.0 Å². The number of urea groups is 1. The van der Waals surface area contributed by atoms with Crippen molar-refractivity contribution >= 4 is 11.8 Å². The Bertz CT molecular complexity index is 812. The minimum Gasteiger partial charge on any atom is -0.338 e. The predicted octanol–water partition coefficient (Wildman–Crippen LogP) is 3.84. The monoisotopic (exact) mass is 334 g/mol. The molecule has 1 aromatic heterocycles. The summed E-state index contributed by atoms with van der Waals surface area (Å²) in [6.45, 7) is 0.624. The van der Waals surface area contributed by atoms with E-state index in [1.807, 2.05) is 61.6 Å². The molecule has 5 nitrogen and oxygen atoms in total. The second-order valence-electron chi connectivity index (χ2n) is 5.87. The first-order valence-electron chi connectivity index (χ1n) is 8.40. The fourth-order valence-corrected chi connectivity index (χ4v) is 2.71. The van der Waals surface area contributed by atoms with Gasteiger partial charge in [-0.2, -0.15) is 5.10 Å². The van der Waals surface area contributed by atoms with Gasteiger partial charge in [0.05, 0.1) is 5.69 Å². The zero-order chi connectivity index (χ0) is 17.5. The molecule has 0 fully saturated rings. The summed E-state index contributed by atoms with van der Waals surface area (Å²) < 4.78 is 1.76. The van der Waals surface area contributed by atoms with Crippen LogP contribution in [0.2, 0.25) is 0 Å². The lowest BCUT2D eigenvalue weighted by atomic mass is 10.1. The molecule has 2 N–H and O–H groups in total. The van der Waals surface area contributed by atoms with E-state index in [2.05, 4.69) is 27.9 Å². The molecule has 0 aliphatic rings. The van der Waals surface area contributed by atoms with Crippen molar-refractivity contribution < 1.29 is 4.79 Å². The molecule has 0 aliphatic carbocycles. The lowest BCUT2D eigenvalue weighted by molar-refractivity contribution is 0.252. The van der Waals surface area contributed by atoms with Crippen LogP contribution in [-0.4, -0.2) is 22.4 Å². The van der Waals surface area contributed by atoms with E-state index in [9.17, 15) is 4.79 Å². The highest BCUT2D eigenvalue weighted by Gasteiger charge is 2.09. The summed E-state index contributed by atoms with van der Waals surface area (Å²) in [5.74, 6) is 0.543. The van der Waals surface area contributed by atoms with Crippen molar-refractivity contribution in [2.75, 3.05) is 11.9 Å². The van der Waals surface area contributed by atoms with Crippen molar-refractivity contribution in [2.24, 2.45) is 7.05 Å². The third-order valence-electron chi connectivity index (χ3n) is 3.96. The third-order valence-corrected chi connectivity index (χ3v) is 3.96. The number of aryl methyl sites for hydroxylation is 2.